The van der Waals surface area contributed by atoms with Crippen molar-refractivity contribution in [3.8, 4) is 11.5 Å². The fraction of sp³-hybridized carbons (Fsp3) is 0.0909. The SMILES string of the molecule is Cc1c(O)cc(O)c2c1C(S)=C(Cl)C(=O)C2=O. The highest BCUT2D eigenvalue weighted by Gasteiger charge is 2.34. The summed E-state index contributed by atoms with van der Waals surface area (Å²) >= 11 is 9.74. The number of phenols is 2. The van der Waals surface area contributed by atoms with Crippen molar-refractivity contribution in [2.24, 2.45) is 0 Å². The maximum atomic E-state index is 11.7. The molecule has 0 fully saturated rings. The van der Waals surface area contributed by atoms with Gasteiger partial charge in [-0.25, -0.2) is 0 Å². The Morgan fingerprint density at radius 2 is 1.71 bits per heavy atom. The van der Waals surface area contributed by atoms with Gasteiger partial charge in [0.25, 0.3) is 0 Å². The minimum absolute atomic E-state index is 0.0787. The van der Waals surface area contributed by atoms with Gasteiger partial charge in [0.1, 0.15) is 16.5 Å². The first-order valence-corrected chi connectivity index (χ1v) is 5.42. The first kappa shape index (κ1) is 12.0. The number of rotatable bonds is 0. The van der Waals surface area contributed by atoms with Gasteiger partial charge in [-0.05, 0) is 6.92 Å². The van der Waals surface area contributed by atoms with Gasteiger partial charge in [0, 0.05) is 22.1 Å². The third-order valence-corrected chi connectivity index (χ3v) is 3.56. The Hall–Kier alpha value is -1.46. The smallest absolute Gasteiger partial charge is 0.246 e. The van der Waals surface area contributed by atoms with Crippen molar-refractivity contribution in [3.63, 3.8) is 0 Å². The number of halogens is 1. The molecule has 0 spiro atoms. The standard InChI is InChI=1S/C11H7ClO4S/c1-3-4(13)2-5(14)7-6(3)11(17)8(12)10(16)9(7)15/h2,13-14,17H,1H3. The number of hydrogen-bond donors (Lipinski definition) is 3. The molecule has 0 saturated carbocycles. The number of fused-ring (bicyclic) bond motifs is 1. The summed E-state index contributed by atoms with van der Waals surface area (Å²) in [6, 6.07) is 1.01. The molecule has 0 amide bonds. The number of ketones is 2. The van der Waals surface area contributed by atoms with Crippen molar-refractivity contribution in [2.45, 2.75) is 6.92 Å². The molecule has 6 heteroatoms. The normalized spacial score (nSPS) is 15.2. The van der Waals surface area contributed by atoms with Gasteiger partial charge < -0.3 is 10.2 Å². The van der Waals surface area contributed by atoms with Crippen molar-refractivity contribution in [1.82, 2.24) is 0 Å². The van der Waals surface area contributed by atoms with Gasteiger partial charge in [-0.15, -0.1) is 12.6 Å². The maximum Gasteiger partial charge on any atom is 0.246 e. The number of thiol groups is 1. The monoisotopic (exact) mass is 270 g/mol. The summed E-state index contributed by atoms with van der Waals surface area (Å²) < 4.78 is 0. The Balaban J connectivity index is 2.95. The van der Waals surface area contributed by atoms with E-state index in [2.05, 4.69) is 12.6 Å². The van der Waals surface area contributed by atoms with Gasteiger partial charge in [0.15, 0.2) is 0 Å². The zero-order valence-electron chi connectivity index (χ0n) is 8.61. The molecule has 17 heavy (non-hydrogen) atoms. The van der Waals surface area contributed by atoms with Crippen LogP contribution in [0.4, 0.5) is 0 Å². The van der Waals surface area contributed by atoms with Crippen LogP contribution in [0.3, 0.4) is 0 Å². The van der Waals surface area contributed by atoms with Gasteiger partial charge >= 0.3 is 0 Å². The largest absolute Gasteiger partial charge is 0.508 e. The number of Topliss-reactive ketones (excluding diaryl/α,β-unsaturated/α-hetero) is 2. The van der Waals surface area contributed by atoms with Gasteiger partial charge in [-0.1, -0.05) is 11.6 Å². The fourth-order valence-electron chi connectivity index (χ4n) is 1.71. The average molecular weight is 271 g/mol. The fourth-order valence-corrected chi connectivity index (χ4v) is 2.27. The van der Waals surface area contributed by atoms with Crippen LogP contribution < -0.4 is 0 Å². The lowest BCUT2D eigenvalue weighted by atomic mass is 9.90. The minimum Gasteiger partial charge on any atom is -0.508 e. The second-order valence-corrected chi connectivity index (χ2v) is 4.44. The Labute approximate surface area is 107 Å². The number of phenolic OH excluding ortho intramolecular Hbond substituents is 2. The highest BCUT2D eigenvalue weighted by molar-refractivity contribution is 7.90. The summed E-state index contributed by atoms with van der Waals surface area (Å²) in [6.45, 7) is 1.54. The van der Waals surface area contributed by atoms with Gasteiger partial charge in [0.2, 0.25) is 11.6 Å². The number of aromatic hydroxyl groups is 2. The summed E-state index contributed by atoms with van der Waals surface area (Å²) in [5.74, 6) is -2.47. The molecule has 88 valence electrons. The predicted molar refractivity (Wildman–Crippen MR) is 65.6 cm³/mol. The van der Waals surface area contributed by atoms with Crippen LogP contribution in [-0.2, 0) is 4.79 Å². The molecule has 0 saturated heterocycles. The predicted octanol–water partition coefficient (Wildman–Crippen LogP) is 2.01. The van der Waals surface area contributed by atoms with Crippen molar-refractivity contribution < 1.29 is 19.8 Å². The van der Waals surface area contributed by atoms with Crippen LogP contribution >= 0.6 is 24.2 Å². The van der Waals surface area contributed by atoms with E-state index in [1.807, 2.05) is 0 Å². The third kappa shape index (κ3) is 1.54. The summed E-state index contributed by atoms with van der Waals surface area (Å²) in [7, 11) is 0. The molecule has 2 rings (SSSR count). The molecular weight excluding hydrogens is 264 g/mol. The first-order chi connectivity index (χ1) is 7.86. The van der Waals surface area contributed by atoms with E-state index in [9.17, 15) is 19.8 Å². The Bertz CT molecular complexity index is 604. The Kier molecular flexibility index (Phi) is 2.67. The highest BCUT2D eigenvalue weighted by atomic mass is 35.5. The molecule has 0 radical (unpaired) electrons. The van der Waals surface area contributed by atoms with E-state index in [0.29, 0.717) is 5.56 Å². The Morgan fingerprint density at radius 3 is 2.29 bits per heavy atom. The van der Waals surface area contributed by atoms with Crippen molar-refractivity contribution in [1.29, 1.82) is 0 Å². The zero-order chi connectivity index (χ0) is 12.9. The van der Waals surface area contributed by atoms with Crippen LogP contribution in [0.2, 0.25) is 0 Å². The van der Waals surface area contributed by atoms with E-state index in [0.717, 1.165) is 6.07 Å². The molecule has 0 aliphatic heterocycles. The van der Waals surface area contributed by atoms with Crippen LogP contribution in [0, 0.1) is 6.92 Å². The minimum atomic E-state index is -0.912. The van der Waals surface area contributed by atoms with E-state index in [-0.39, 0.29) is 26.8 Å². The van der Waals surface area contributed by atoms with Gasteiger partial charge in [0.05, 0.1) is 5.56 Å². The third-order valence-electron chi connectivity index (χ3n) is 2.62. The molecule has 2 N–H and O–H groups in total. The molecule has 4 nitrogen and oxygen atoms in total. The van der Waals surface area contributed by atoms with Crippen LogP contribution in [0.5, 0.6) is 11.5 Å². The number of hydrogen-bond acceptors (Lipinski definition) is 5. The van der Waals surface area contributed by atoms with Gasteiger partial charge in [-0.2, -0.15) is 0 Å². The van der Waals surface area contributed by atoms with E-state index in [1.54, 1.807) is 0 Å². The number of carbonyl (C=O) groups excluding carboxylic acids is 2. The number of carbonyl (C=O) groups is 2. The van der Waals surface area contributed by atoms with Crippen LogP contribution in [0.1, 0.15) is 21.5 Å². The number of allylic oxidation sites excluding steroid dienone is 1. The quantitative estimate of drug-likeness (QED) is 0.498. The van der Waals surface area contributed by atoms with Crippen molar-refractivity contribution in [3.05, 3.63) is 27.8 Å². The lowest BCUT2D eigenvalue weighted by Gasteiger charge is -2.19. The molecule has 1 aliphatic rings. The Morgan fingerprint density at radius 1 is 1.12 bits per heavy atom. The summed E-state index contributed by atoms with van der Waals surface area (Å²) in [6.07, 6.45) is 0. The zero-order valence-corrected chi connectivity index (χ0v) is 10.3. The number of benzene rings is 1. The highest BCUT2D eigenvalue weighted by Crippen LogP contribution is 2.42. The molecule has 0 bridgehead atoms. The maximum absolute atomic E-state index is 11.7. The van der Waals surface area contributed by atoms with Crippen molar-refractivity contribution in [2.75, 3.05) is 0 Å². The van der Waals surface area contributed by atoms with Crippen LogP contribution in [0.15, 0.2) is 11.1 Å². The second-order valence-electron chi connectivity index (χ2n) is 3.61. The average Bonchev–Trinajstić information content (AvgIpc) is 2.28. The molecule has 1 aliphatic carbocycles. The van der Waals surface area contributed by atoms with E-state index >= 15 is 0 Å². The van der Waals surface area contributed by atoms with Gasteiger partial charge in [-0.3, -0.25) is 9.59 Å². The molecule has 0 unspecified atom stereocenters. The van der Waals surface area contributed by atoms with E-state index < -0.39 is 17.3 Å². The van der Waals surface area contributed by atoms with Crippen molar-refractivity contribution >= 4 is 40.7 Å². The van der Waals surface area contributed by atoms with Crippen LogP contribution in [-0.4, -0.2) is 21.8 Å². The van der Waals surface area contributed by atoms with E-state index in [4.69, 9.17) is 11.6 Å². The molecule has 0 heterocycles. The summed E-state index contributed by atoms with van der Waals surface area (Å²) in [4.78, 5) is 23.3. The molecule has 1 aromatic rings. The van der Waals surface area contributed by atoms with E-state index in [1.165, 1.54) is 6.92 Å². The first-order valence-electron chi connectivity index (χ1n) is 4.60. The molecular formula is C11H7ClO4S. The second kappa shape index (κ2) is 3.78. The summed E-state index contributed by atoms with van der Waals surface area (Å²) in [5, 5.41) is 18.9. The van der Waals surface area contributed by atoms with Crippen LogP contribution in [0.25, 0.3) is 4.91 Å². The lowest BCUT2D eigenvalue weighted by Crippen LogP contribution is -2.21. The topological polar surface area (TPSA) is 74.6 Å². The molecule has 0 atom stereocenters. The molecule has 0 aromatic heterocycles. The molecule has 1 aromatic carbocycles. The lowest BCUT2D eigenvalue weighted by molar-refractivity contribution is -0.111. The summed E-state index contributed by atoms with van der Waals surface area (Å²) in [5.41, 5.74) is 0.363.